The van der Waals surface area contributed by atoms with E-state index in [0.717, 1.165) is 18.4 Å². The van der Waals surface area contributed by atoms with Gasteiger partial charge in [0.25, 0.3) is 11.8 Å². The zero-order chi connectivity index (χ0) is 23.8. The van der Waals surface area contributed by atoms with E-state index in [0.29, 0.717) is 30.8 Å². The molecule has 1 atom stereocenters. The second kappa shape index (κ2) is 8.96. The van der Waals surface area contributed by atoms with E-state index in [1.54, 1.807) is 17.0 Å². The zero-order valence-corrected chi connectivity index (χ0v) is 19.0. The normalized spacial score (nSPS) is 22.4. The minimum Gasteiger partial charge on any atom is -0.352 e. The van der Waals surface area contributed by atoms with Crippen LogP contribution in [0.25, 0.3) is 0 Å². The number of rotatable bonds is 5. The third kappa shape index (κ3) is 5.23. The minimum atomic E-state index is -0.339. The van der Waals surface area contributed by atoms with Crippen LogP contribution in [0.2, 0.25) is 0 Å². The highest BCUT2D eigenvalue weighted by molar-refractivity contribution is 6.01. The van der Waals surface area contributed by atoms with Crippen LogP contribution >= 0.6 is 0 Å². The summed E-state index contributed by atoms with van der Waals surface area (Å²) in [5.41, 5.74) is 1.76. The fraction of sp³-hybridized carbons (Fsp3) is 0.542. The summed E-state index contributed by atoms with van der Waals surface area (Å²) in [5, 5.41) is 7.98. The van der Waals surface area contributed by atoms with E-state index in [1.165, 1.54) is 0 Å². The summed E-state index contributed by atoms with van der Waals surface area (Å²) in [5.74, 6) is -1.53. The Morgan fingerprint density at radius 1 is 1.15 bits per heavy atom. The molecule has 176 valence electrons. The van der Waals surface area contributed by atoms with Crippen molar-refractivity contribution in [3.05, 3.63) is 34.9 Å². The Labute approximate surface area is 192 Å². The molecule has 9 heteroatoms. The molecule has 1 unspecified atom stereocenters. The number of piperidine rings is 1. The standard InChI is InChI=1S/C24H30N4O5/c1-24(2)11-17(28(13-24)21(31)9-14-7-19(29)27-20(30)8-14)12-26-22(32)16-4-3-15-5-6-25-23(33)18(15)10-16/h3-4,10,14,17H,5-9,11-13H2,1-2H3,(H,25,33)(H,26,32)(H,27,29,30). The number of benzene rings is 1. The average molecular weight is 455 g/mol. The van der Waals surface area contributed by atoms with Crippen LogP contribution in [0.3, 0.4) is 0 Å². The molecule has 2 saturated heterocycles. The molecular formula is C24H30N4O5. The Kier molecular flexibility index (Phi) is 6.23. The molecule has 5 amide bonds. The molecule has 3 aliphatic rings. The topological polar surface area (TPSA) is 125 Å². The lowest BCUT2D eigenvalue weighted by atomic mass is 9.90. The van der Waals surface area contributed by atoms with Gasteiger partial charge in [0.1, 0.15) is 0 Å². The largest absolute Gasteiger partial charge is 0.352 e. The van der Waals surface area contributed by atoms with Gasteiger partial charge in [0.15, 0.2) is 0 Å². The van der Waals surface area contributed by atoms with Crippen molar-refractivity contribution in [2.45, 2.75) is 52.0 Å². The first-order valence-electron chi connectivity index (χ1n) is 11.4. The van der Waals surface area contributed by atoms with Crippen molar-refractivity contribution in [2.24, 2.45) is 11.3 Å². The van der Waals surface area contributed by atoms with Crippen LogP contribution in [-0.2, 0) is 20.8 Å². The van der Waals surface area contributed by atoms with Gasteiger partial charge in [0.2, 0.25) is 17.7 Å². The molecule has 4 rings (SSSR count). The summed E-state index contributed by atoms with van der Waals surface area (Å²) in [6, 6.07) is 4.98. The highest BCUT2D eigenvalue weighted by atomic mass is 16.2. The Balaban J connectivity index is 1.39. The maximum absolute atomic E-state index is 13.1. The number of nitrogens with one attached hydrogen (secondary N) is 3. The van der Waals surface area contributed by atoms with Crippen LogP contribution in [-0.4, -0.2) is 60.1 Å². The summed E-state index contributed by atoms with van der Waals surface area (Å²) in [4.78, 5) is 63.0. The van der Waals surface area contributed by atoms with Crippen LogP contribution in [0, 0.1) is 11.3 Å². The number of hydrogen-bond acceptors (Lipinski definition) is 5. The molecule has 0 spiro atoms. The van der Waals surface area contributed by atoms with Crippen LogP contribution in [0.4, 0.5) is 0 Å². The van der Waals surface area contributed by atoms with Gasteiger partial charge in [-0.15, -0.1) is 0 Å². The summed E-state index contributed by atoms with van der Waals surface area (Å²) >= 11 is 0. The molecule has 1 aromatic carbocycles. The number of carbonyl (C=O) groups is 5. The smallest absolute Gasteiger partial charge is 0.251 e. The van der Waals surface area contributed by atoms with Crippen molar-refractivity contribution in [1.29, 1.82) is 0 Å². The second-order valence-electron chi connectivity index (χ2n) is 10.1. The molecule has 1 aromatic rings. The number of carbonyl (C=O) groups excluding carboxylic acids is 5. The Bertz CT molecular complexity index is 1000. The van der Waals surface area contributed by atoms with Gasteiger partial charge in [0, 0.05) is 56.1 Å². The number of imide groups is 1. The van der Waals surface area contributed by atoms with Crippen LogP contribution in [0.1, 0.15) is 65.8 Å². The van der Waals surface area contributed by atoms with Gasteiger partial charge in [-0.05, 0) is 41.9 Å². The van der Waals surface area contributed by atoms with Crippen molar-refractivity contribution < 1.29 is 24.0 Å². The van der Waals surface area contributed by atoms with Crippen molar-refractivity contribution >= 4 is 29.5 Å². The monoisotopic (exact) mass is 454 g/mol. The molecule has 0 radical (unpaired) electrons. The molecule has 0 aromatic heterocycles. The summed E-state index contributed by atoms with van der Waals surface area (Å²) in [7, 11) is 0. The van der Waals surface area contributed by atoms with E-state index in [2.05, 4.69) is 29.8 Å². The van der Waals surface area contributed by atoms with Gasteiger partial charge in [-0.3, -0.25) is 29.3 Å². The molecule has 3 aliphatic heterocycles. The molecular weight excluding hydrogens is 424 g/mol. The molecule has 0 bridgehead atoms. The van der Waals surface area contributed by atoms with E-state index < -0.39 is 0 Å². The summed E-state index contributed by atoms with van der Waals surface area (Å²) < 4.78 is 0. The van der Waals surface area contributed by atoms with Crippen molar-refractivity contribution in [2.75, 3.05) is 19.6 Å². The molecule has 3 N–H and O–H groups in total. The number of hydrogen-bond donors (Lipinski definition) is 3. The average Bonchev–Trinajstić information content (AvgIpc) is 3.06. The number of likely N-dealkylation sites (tertiary alicyclic amines) is 1. The molecule has 2 fully saturated rings. The van der Waals surface area contributed by atoms with Crippen molar-refractivity contribution in [1.82, 2.24) is 20.9 Å². The fourth-order valence-electron chi connectivity index (χ4n) is 5.11. The SMILES string of the molecule is CC1(C)CC(CNC(=O)c2ccc3c(c2)C(=O)NCC3)N(C(=O)CC2CC(=O)NC(=O)C2)C1. The first kappa shape index (κ1) is 22.9. The Morgan fingerprint density at radius 3 is 2.61 bits per heavy atom. The van der Waals surface area contributed by atoms with Crippen molar-refractivity contribution in [3.63, 3.8) is 0 Å². The summed E-state index contributed by atoms with van der Waals surface area (Å²) in [6.07, 6.45) is 1.95. The van der Waals surface area contributed by atoms with Crippen LogP contribution in [0.15, 0.2) is 18.2 Å². The van der Waals surface area contributed by atoms with E-state index >= 15 is 0 Å². The second-order valence-corrected chi connectivity index (χ2v) is 10.1. The third-order valence-electron chi connectivity index (χ3n) is 6.63. The van der Waals surface area contributed by atoms with Crippen LogP contribution < -0.4 is 16.0 Å². The Morgan fingerprint density at radius 2 is 1.88 bits per heavy atom. The number of fused-ring (bicyclic) bond motifs is 1. The Hall–Kier alpha value is -3.23. The highest BCUT2D eigenvalue weighted by Gasteiger charge is 2.41. The number of amides is 5. The first-order chi connectivity index (χ1) is 15.6. The van der Waals surface area contributed by atoms with Gasteiger partial charge in [-0.2, -0.15) is 0 Å². The maximum atomic E-state index is 13.1. The van der Waals surface area contributed by atoms with E-state index in [9.17, 15) is 24.0 Å². The fourth-order valence-corrected chi connectivity index (χ4v) is 5.11. The van der Waals surface area contributed by atoms with Gasteiger partial charge in [0.05, 0.1) is 0 Å². The van der Waals surface area contributed by atoms with Gasteiger partial charge in [-0.25, -0.2) is 0 Å². The van der Waals surface area contributed by atoms with Gasteiger partial charge < -0.3 is 15.5 Å². The molecule has 9 nitrogen and oxygen atoms in total. The number of nitrogens with zero attached hydrogens (tertiary/aromatic N) is 1. The molecule has 3 heterocycles. The predicted molar refractivity (Wildman–Crippen MR) is 119 cm³/mol. The lowest BCUT2D eigenvalue weighted by Crippen LogP contribution is -2.45. The van der Waals surface area contributed by atoms with E-state index in [-0.39, 0.29) is 66.2 Å². The first-order valence-corrected chi connectivity index (χ1v) is 11.4. The lowest BCUT2D eigenvalue weighted by Gasteiger charge is -2.28. The predicted octanol–water partition coefficient (Wildman–Crippen LogP) is 0.772. The minimum absolute atomic E-state index is 0.0993. The van der Waals surface area contributed by atoms with Gasteiger partial charge >= 0.3 is 0 Å². The molecule has 0 saturated carbocycles. The quantitative estimate of drug-likeness (QED) is 0.567. The third-order valence-corrected chi connectivity index (χ3v) is 6.63. The van der Waals surface area contributed by atoms with E-state index in [4.69, 9.17) is 0 Å². The highest BCUT2D eigenvalue weighted by Crippen LogP contribution is 2.35. The van der Waals surface area contributed by atoms with Crippen molar-refractivity contribution in [3.8, 4) is 0 Å². The molecule has 33 heavy (non-hydrogen) atoms. The van der Waals surface area contributed by atoms with E-state index in [1.807, 2.05) is 6.07 Å². The van der Waals surface area contributed by atoms with Gasteiger partial charge in [-0.1, -0.05) is 19.9 Å². The summed E-state index contributed by atoms with van der Waals surface area (Å²) in [6.45, 7) is 5.60. The lowest BCUT2D eigenvalue weighted by molar-refractivity contribution is -0.137. The van der Waals surface area contributed by atoms with Crippen LogP contribution in [0.5, 0.6) is 0 Å². The molecule has 0 aliphatic carbocycles. The zero-order valence-electron chi connectivity index (χ0n) is 19.0. The maximum Gasteiger partial charge on any atom is 0.251 e.